The van der Waals surface area contributed by atoms with Crippen LogP contribution in [0.15, 0.2) is 24.3 Å². The summed E-state index contributed by atoms with van der Waals surface area (Å²) in [4.78, 5) is 73.9. The summed E-state index contributed by atoms with van der Waals surface area (Å²) in [7, 11) is 1.46. The first-order valence-electron chi connectivity index (χ1n) is 10.8. The lowest BCUT2D eigenvalue weighted by Crippen LogP contribution is -2.64. The molecule has 34 heavy (non-hydrogen) atoms. The van der Waals surface area contributed by atoms with Crippen molar-refractivity contribution in [1.82, 2.24) is 20.7 Å². The standard InChI is InChI=1S/C22H26N4O8/c1-34-15-5-2-4-13(10-15)20(31)24-16-7-8-18(28)25-9-3-6-17(26(25)22(16)33)21(32)23-14(12-27)11-19(29)30/h2,4-5,10,12,14,16-17H,3,6-9,11H2,1H3,(H,23,32)(H,24,31)(H,29,30)/t14-,16-,17-/m0/s1. The van der Waals surface area contributed by atoms with E-state index in [0.29, 0.717) is 18.5 Å². The lowest BCUT2D eigenvalue weighted by Gasteiger charge is -2.43. The van der Waals surface area contributed by atoms with Crippen molar-refractivity contribution in [2.24, 2.45) is 0 Å². The van der Waals surface area contributed by atoms with Crippen molar-refractivity contribution in [3.63, 3.8) is 0 Å². The number of hydrogen-bond acceptors (Lipinski definition) is 7. The second-order valence-electron chi connectivity index (χ2n) is 8.00. The van der Waals surface area contributed by atoms with Gasteiger partial charge in [-0.05, 0) is 37.5 Å². The van der Waals surface area contributed by atoms with Gasteiger partial charge in [-0.25, -0.2) is 5.01 Å². The SMILES string of the molecule is COc1cccc(C(=O)N[C@H]2CCC(=O)N3CCC[C@@H](C(=O)N[C@H](C=O)CC(=O)O)N3C2=O)c1. The molecule has 0 aliphatic carbocycles. The van der Waals surface area contributed by atoms with Crippen LogP contribution in [0.25, 0.3) is 0 Å². The van der Waals surface area contributed by atoms with Gasteiger partial charge < -0.3 is 25.3 Å². The van der Waals surface area contributed by atoms with Crippen LogP contribution in [0.4, 0.5) is 0 Å². The minimum Gasteiger partial charge on any atom is -0.497 e. The van der Waals surface area contributed by atoms with Gasteiger partial charge in [0.2, 0.25) is 11.8 Å². The van der Waals surface area contributed by atoms with Gasteiger partial charge in [0.1, 0.15) is 24.1 Å². The normalized spacial score (nSPS) is 21.1. The van der Waals surface area contributed by atoms with Crippen LogP contribution >= 0.6 is 0 Å². The molecule has 2 aliphatic heterocycles. The maximum atomic E-state index is 13.4. The molecule has 3 N–H and O–H groups in total. The Morgan fingerprint density at radius 3 is 2.71 bits per heavy atom. The summed E-state index contributed by atoms with van der Waals surface area (Å²) >= 11 is 0. The highest BCUT2D eigenvalue weighted by atomic mass is 16.5. The Morgan fingerprint density at radius 2 is 2.03 bits per heavy atom. The third-order valence-electron chi connectivity index (χ3n) is 5.69. The second kappa shape index (κ2) is 10.8. The van der Waals surface area contributed by atoms with Crippen LogP contribution in [0, 0.1) is 0 Å². The van der Waals surface area contributed by atoms with E-state index >= 15 is 0 Å². The Hall–Kier alpha value is -3.96. The molecule has 2 aliphatic rings. The van der Waals surface area contributed by atoms with E-state index in [1.54, 1.807) is 18.2 Å². The summed E-state index contributed by atoms with van der Waals surface area (Å²) in [6, 6.07) is 2.87. The van der Waals surface area contributed by atoms with Crippen LogP contribution in [0.5, 0.6) is 5.75 Å². The molecule has 2 heterocycles. The van der Waals surface area contributed by atoms with Crippen molar-refractivity contribution in [2.45, 2.75) is 50.2 Å². The molecule has 2 fully saturated rings. The maximum absolute atomic E-state index is 13.4. The predicted molar refractivity (Wildman–Crippen MR) is 115 cm³/mol. The van der Waals surface area contributed by atoms with Gasteiger partial charge in [0.05, 0.1) is 19.6 Å². The van der Waals surface area contributed by atoms with Gasteiger partial charge in [-0.3, -0.25) is 29.0 Å². The first kappa shape index (κ1) is 24.7. The average molecular weight is 474 g/mol. The number of aldehydes is 1. The van der Waals surface area contributed by atoms with Crippen molar-refractivity contribution in [3.8, 4) is 5.75 Å². The number of nitrogens with zero attached hydrogens (tertiary/aromatic N) is 2. The van der Waals surface area contributed by atoms with Gasteiger partial charge >= 0.3 is 5.97 Å². The van der Waals surface area contributed by atoms with Gasteiger partial charge in [-0.2, -0.15) is 0 Å². The van der Waals surface area contributed by atoms with Crippen molar-refractivity contribution < 1.29 is 38.6 Å². The van der Waals surface area contributed by atoms with E-state index in [1.165, 1.54) is 18.2 Å². The van der Waals surface area contributed by atoms with Crippen LogP contribution in [0.3, 0.4) is 0 Å². The van der Waals surface area contributed by atoms with E-state index in [4.69, 9.17) is 9.84 Å². The Morgan fingerprint density at radius 1 is 1.26 bits per heavy atom. The number of fused-ring (bicyclic) bond motifs is 1. The number of hydrazine groups is 1. The molecular formula is C22H26N4O8. The number of hydrogen-bond donors (Lipinski definition) is 3. The summed E-state index contributed by atoms with van der Waals surface area (Å²) in [5, 5.41) is 16.1. The molecule has 3 atom stereocenters. The first-order valence-corrected chi connectivity index (χ1v) is 10.8. The number of ether oxygens (including phenoxy) is 1. The zero-order valence-electron chi connectivity index (χ0n) is 18.6. The van der Waals surface area contributed by atoms with E-state index < -0.39 is 48.2 Å². The molecular weight excluding hydrogens is 448 g/mol. The van der Waals surface area contributed by atoms with Gasteiger partial charge in [0.15, 0.2) is 0 Å². The third kappa shape index (κ3) is 5.50. The largest absolute Gasteiger partial charge is 0.497 e. The maximum Gasteiger partial charge on any atom is 0.305 e. The summed E-state index contributed by atoms with van der Waals surface area (Å²) in [6.07, 6.45) is 0.354. The molecule has 2 saturated heterocycles. The van der Waals surface area contributed by atoms with E-state index in [1.807, 2.05) is 0 Å². The molecule has 1 aromatic rings. The monoisotopic (exact) mass is 474 g/mol. The van der Waals surface area contributed by atoms with Crippen molar-refractivity contribution in [3.05, 3.63) is 29.8 Å². The molecule has 182 valence electrons. The topological polar surface area (TPSA) is 162 Å². The number of methoxy groups -OCH3 is 1. The molecule has 0 spiro atoms. The molecule has 4 amide bonds. The molecule has 0 saturated carbocycles. The summed E-state index contributed by atoms with van der Waals surface area (Å²) in [6.45, 7) is 0.219. The van der Waals surface area contributed by atoms with Crippen LogP contribution in [-0.4, -0.2) is 82.8 Å². The van der Waals surface area contributed by atoms with Gasteiger partial charge in [-0.15, -0.1) is 0 Å². The van der Waals surface area contributed by atoms with E-state index in [-0.39, 0.29) is 37.3 Å². The fourth-order valence-electron chi connectivity index (χ4n) is 4.01. The van der Waals surface area contributed by atoms with E-state index in [0.717, 1.165) is 5.01 Å². The fraction of sp³-hybridized carbons (Fsp3) is 0.455. The highest BCUT2D eigenvalue weighted by Crippen LogP contribution is 2.25. The van der Waals surface area contributed by atoms with Crippen LogP contribution in [0.1, 0.15) is 42.5 Å². The van der Waals surface area contributed by atoms with E-state index in [2.05, 4.69) is 10.6 Å². The Balaban J connectivity index is 1.81. The van der Waals surface area contributed by atoms with E-state index in [9.17, 15) is 28.8 Å². The Bertz CT molecular complexity index is 997. The zero-order chi connectivity index (χ0) is 24.8. The number of nitrogens with one attached hydrogen (secondary N) is 2. The van der Waals surface area contributed by atoms with Crippen molar-refractivity contribution in [1.29, 1.82) is 0 Å². The summed E-state index contributed by atoms with van der Waals surface area (Å²) in [5.74, 6) is -3.11. The van der Waals surface area contributed by atoms with Crippen molar-refractivity contribution >= 4 is 35.9 Å². The molecule has 0 unspecified atom stereocenters. The van der Waals surface area contributed by atoms with Gasteiger partial charge in [0.25, 0.3) is 11.8 Å². The quantitative estimate of drug-likeness (QED) is 0.424. The highest BCUT2D eigenvalue weighted by molar-refractivity contribution is 6.00. The number of aliphatic carboxylic acids is 1. The summed E-state index contributed by atoms with van der Waals surface area (Å²) < 4.78 is 5.11. The van der Waals surface area contributed by atoms with Crippen LogP contribution in [0.2, 0.25) is 0 Å². The van der Waals surface area contributed by atoms with Crippen LogP contribution in [-0.2, 0) is 24.0 Å². The number of amides is 4. The highest BCUT2D eigenvalue weighted by Gasteiger charge is 2.44. The molecule has 3 rings (SSSR count). The van der Waals surface area contributed by atoms with Gasteiger partial charge in [-0.1, -0.05) is 6.07 Å². The Labute approximate surface area is 195 Å². The Kier molecular flexibility index (Phi) is 7.82. The number of carbonyl (C=O) groups is 6. The number of carboxylic acid groups (broad SMARTS) is 1. The van der Waals surface area contributed by atoms with Gasteiger partial charge in [0, 0.05) is 18.5 Å². The second-order valence-corrected chi connectivity index (χ2v) is 8.00. The number of carbonyl (C=O) groups excluding carboxylic acids is 5. The lowest BCUT2D eigenvalue weighted by molar-refractivity contribution is -0.176. The minimum atomic E-state index is -1.28. The molecule has 12 heteroatoms. The molecule has 1 aromatic carbocycles. The summed E-state index contributed by atoms with van der Waals surface area (Å²) in [5.41, 5.74) is 0.259. The first-order chi connectivity index (χ1) is 16.2. The predicted octanol–water partition coefficient (Wildman–Crippen LogP) is -0.520. The minimum absolute atomic E-state index is 0.0182. The third-order valence-corrected chi connectivity index (χ3v) is 5.69. The van der Waals surface area contributed by atoms with Crippen LogP contribution < -0.4 is 15.4 Å². The number of rotatable bonds is 8. The van der Waals surface area contributed by atoms with Crippen molar-refractivity contribution in [2.75, 3.05) is 13.7 Å². The molecule has 0 aromatic heterocycles. The molecule has 0 radical (unpaired) electrons. The average Bonchev–Trinajstić information content (AvgIpc) is 2.95. The number of benzene rings is 1. The molecule has 0 bridgehead atoms. The number of carboxylic acids is 1. The smallest absolute Gasteiger partial charge is 0.305 e. The fourth-order valence-corrected chi connectivity index (χ4v) is 4.01. The molecule has 12 nitrogen and oxygen atoms in total. The zero-order valence-corrected chi connectivity index (χ0v) is 18.6. The lowest BCUT2D eigenvalue weighted by atomic mass is 10.0.